The number of nitrogens with zero attached hydrogens (tertiary/aromatic N) is 5. The molecule has 1 aromatic carbocycles. The van der Waals surface area contributed by atoms with E-state index in [2.05, 4.69) is 30.9 Å². The van der Waals surface area contributed by atoms with Gasteiger partial charge in [-0.25, -0.2) is 15.0 Å². The molecule has 1 amide bonds. The highest BCUT2D eigenvalue weighted by molar-refractivity contribution is 5.95. The molecule has 5 rings (SSSR count). The van der Waals surface area contributed by atoms with E-state index in [1.807, 2.05) is 42.7 Å². The van der Waals surface area contributed by atoms with Crippen molar-refractivity contribution in [3.05, 3.63) is 72.6 Å². The van der Waals surface area contributed by atoms with E-state index in [0.717, 1.165) is 59.7 Å². The third kappa shape index (κ3) is 4.04. The number of ether oxygens (including phenoxy) is 1. The fourth-order valence-electron chi connectivity index (χ4n) is 3.90. The van der Waals surface area contributed by atoms with Gasteiger partial charge in [0.2, 0.25) is 5.82 Å². The highest BCUT2D eigenvalue weighted by atomic mass is 16.5. The Bertz CT molecular complexity index is 1220. The Hall–Kier alpha value is -3.78. The Morgan fingerprint density at radius 2 is 1.84 bits per heavy atom. The third-order valence-corrected chi connectivity index (χ3v) is 5.66. The fourth-order valence-corrected chi connectivity index (χ4v) is 3.90. The van der Waals surface area contributed by atoms with E-state index >= 15 is 0 Å². The van der Waals surface area contributed by atoms with Crippen molar-refractivity contribution in [3.63, 3.8) is 0 Å². The summed E-state index contributed by atoms with van der Waals surface area (Å²) in [6, 6.07) is 12.0. The molecule has 0 unspecified atom stereocenters. The lowest BCUT2D eigenvalue weighted by Gasteiger charge is -2.28. The normalized spacial score (nSPS) is 14.0. The molecule has 1 aliphatic rings. The second-order valence-electron chi connectivity index (χ2n) is 7.83. The molecule has 4 aromatic rings. The predicted molar refractivity (Wildman–Crippen MR) is 122 cm³/mol. The van der Waals surface area contributed by atoms with E-state index in [-0.39, 0.29) is 11.7 Å². The molecule has 1 fully saturated rings. The number of anilines is 1. The number of nitrogens with one attached hydrogen (secondary N) is 1. The van der Waals surface area contributed by atoms with Crippen molar-refractivity contribution < 1.29 is 9.53 Å². The minimum Gasteiger partial charge on any atom is -0.378 e. The summed E-state index contributed by atoms with van der Waals surface area (Å²) >= 11 is 0. The second kappa shape index (κ2) is 8.76. The highest BCUT2D eigenvalue weighted by Gasteiger charge is 2.17. The summed E-state index contributed by atoms with van der Waals surface area (Å²) in [5, 5.41) is 0.998. The van der Waals surface area contributed by atoms with Crippen molar-refractivity contribution in [2.45, 2.75) is 6.54 Å². The smallest absolute Gasteiger partial charge is 0.291 e. The van der Waals surface area contributed by atoms with Crippen LogP contribution in [0.4, 0.5) is 5.69 Å². The number of benzene rings is 1. The molecule has 0 bridgehead atoms. The minimum absolute atomic E-state index is 0.180. The molecule has 8 heteroatoms. The van der Waals surface area contributed by atoms with Gasteiger partial charge in [0.05, 0.1) is 25.1 Å². The molecule has 1 saturated heterocycles. The number of aromatic nitrogens is 4. The zero-order valence-electron chi connectivity index (χ0n) is 17.9. The molecular formula is C24H24N6O2. The number of rotatable bonds is 5. The highest BCUT2D eigenvalue weighted by Crippen LogP contribution is 2.30. The summed E-state index contributed by atoms with van der Waals surface area (Å²) < 4.78 is 5.45. The SMILES string of the molecule is CN(Cc1ccccc1)C(=O)c1ncc(-c2c[nH]c3ncc(N4CCOCC4)cc23)cn1. The number of hydrogen-bond donors (Lipinski definition) is 1. The number of H-pyrrole nitrogens is 1. The number of aromatic amines is 1. The van der Waals surface area contributed by atoms with Crippen molar-refractivity contribution >= 4 is 22.6 Å². The molecule has 0 atom stereocenters. The van der Waals surface area contributed by atoms with Crippen LogP contribution in [0.5, 0.6) is 0 Å². The van der Waals surface area contributed by atoms with E-state index in [9.17, 15) is 4.79 Å². The molecule has 162 valence electrons. The lowest BCUT2D eigenvalue weighted by Crippen LogP contribution is -2.36. The summed E-state index contributed by atoms with van der Waals surface area (Å²) in [6.07, 6.45) is 7.18. The number of fused-ring (bicyclic) bond motifs is 1. The molecular weight excluding hydrogens is 404 g/mol. The van der Waals surface area contributed by atoms with Gasteiger partial charge in [-0.15, -0.1) is 0 Å². The van der Waals surface area contributed by atoms with Gasteiger partial charge in [-0.3, -0.25) is 4.79 Å². The number of amides is 1. The Kier molecular flexibility index (Phi) is 5.51. The first-order valence-corrected chi connectivity index (χ1v) is 10.6. The molecule has 1 N–H and O–H groups in total. The van der Waals surface area contributed by atoms with Crippen molar-refractivity contribution in [2.75, 3.05) is 38.3 Å². The molecule has 3 aromatic heterocycles. The average Bonchev–Trinajstić information content (AvgIpc) is 3.28. The molecule has 0 saturated carbocycles. The van der Waals surface area contributed by atoms with Gasteiger partial charge < -0.3 is 19.5 Å². The van der Waals surface area contributed by atoms with E-state index in [4.69, 9.17) is 4.74 Å². The number of hydrogen-bond acceptors (Lipinski definition) is 6. The van der Waals surface area contributed by atoms with Gasteiger partial charge in [0.1, 0.15) is 5.65 Å². The van der Waals surface area contributed by atoms with E-state index in [1.165, 1.54) is 0 Å². The maximum absolute atomic E-state index is 12.7. The van der Waals surface area contributed by atoms with Crippen LogP contribution in [0, 0.1) is 0 Å². The van der Waals surface area contributed by atoms with Gasteiger partial charge in [-0.2, -0.15) is 0 Å². The van der Waals surface area contributed by atoms with Crippen LogP contribution < -0.4 is 4.90 Å². The molecule has 0 aliphatic carbocycles. The van der Waals surface area contributed by atoms with E-state index in [0.29, 0.717) is 6.54 Å². The van der Waals surface area contributed by atoms with Crippen LogP contribution in [0.25, 0.3) is 22.2 Å². The lowest BCUT2D eigenvalue weighted by molar-refractivity contribution is 0.0773. The largest absolute Gasteiger partial charge is 0.378 e. The fraction of sp³-hybridized carbons (Fsp3) is 0.250. The van der Waals surface area contributed by atoms with Crippen molar-refractivity contribution in [1.82, 2.24) is 24.8 Å². The Morgan fingerprint density at radius 3 is 2.59 bits per heavy atom. The Labute approximate surface area is 185 Å². The van der Waals surface area contributed by atoms with Gasteiger partial charge in [-0.05, 0) is 11.6 Å². The van der Waals surface area contributed by atoms with Crippen molar-refractivity contribution in [2.24, 2.45) is 0 Å². The topological polar surface area (TPSA) is 87.2 Å². The second-order valence-corrected chi connectivity index (χ2v) is 7.83. The Balaban J connectivity index is 1.37. The van der Waals surface area contributed by atoms with Gasteiger partial charge in [-0.1, -0.05) is 30.3 Å². The van der Waals surface area contributed by atoms with Crippen LogP contribution >= 0.6 is 0 Å². The maximum atomic E-state index is 12.7. The summed E-state index contributed by atoms with van der Waals surface area (Å²) in [7, 11) is 1.76. The van der Waals surface area contributed by atoms with Crippen LogP contribution in [0.1, 0.15) is 16.2 Å². The first-order chi connectivity index (χ1) is 15.7. The van der Waals surface area contributed by atoms with Crippen LogP contribution in [0.15, 0.2) is 61.2 Å². The standard InChI is InChI=1S/C24H24N6O2/c1-29(16-17-5-3-2-4-6-17)24(31)23-25-12-18(13-26-23)21-15-28-22-20(21)11-19(14-27-22)30-7-9-32-10-8-30/h2-6,11-15H,7-10,16H2,1H3,(H,27,28). The van der Waals surface area contributed by atoms with E-state index < -0.39 is 0 Å². The molecule has 0 spiro atoms. The molecule has 1 aliphatic heterocycles. The van der Waals surface area contributed by atoms with Gasteiger partial charge >= 0.3 is 0 Å². The van der Waals surface area contributed by atoms with Gasteiger partial charge in [0.25, 0.3) is 5.91 Å². The number of pyridine rings is 1. The monoisotopic (exact) mass is 428 g/mol. The molecule has 0 radical (unpaired) electrons. The van der Waals surface area contributed by atoms with Crippen molar-refractivity contribution in [1.29, 1.82) is 0 Å². The number of morpholine rings is 1. The predicted octanol–water partition coefficient (Wildman–Crippen LogP) is 3.13. The summed E-state index contributed by atoms with van der Waals surface area (Å²) in [5.41, 5.74) is 4.72. The van der Waals surface area contributed by atoms with Crippen LogP contribution in [0.2, 0.25) is 0 Å². The molecule has 32 heavy (non-hydrogen) atoms. The number of carbonyl (C=O) groups is 1. The third-order valence-electron chi connectivity index (χ3n) is 5.66. The number of carbonyl (C=O) groups excluding carboxylic acids is 1. The quantitative estimate of drug-likeness (QED) is 0.526. The van der Waals surface area contributed by atoms with Gasteiger partial charge in [0.15, 0.2) is 0 Å². The zero-order chi connectivity index (χ0) is 21.9. The maximum Gasteiger partial charge on any atom is 0.291 e. The summed E-state index contributed by atoms with van der Waals surface area (Å²) in [4.78, 5) is 33.1. The minimum atomic E-state index is -0.212. The first-order valence-electron chi connectivity index (χ1n) is 10.6. The lowest BCUT2D eigenvalue weighted by atomic mass is 10.1. The van der Waals surface area contributed by atoms with Crippen LogP contribution in [-0.2, 0) is 11.3 Å². The van der Waals surface area contributed by atoms with Gasteiger partial charge in [0, 0.05) is 61.8 Å². The van der Waals surface area contributed by atoms with Crippen LogP contribution in [0.3, 0.4) is 0 Å². The van der Waals surface area contributed by atoms with Crippen molar-refractivity contribution in [3.8, 4) is 11.1 Å². The van der Waals surface area contributed by atoms with Crippen LogP contribution in [-0.4, -0.2) is 64.1 Å². The molecule has 8 nitrogen and oxygen atoms in total. The first kappa shape index (κ1) is 20.1. The summed E-state index contributed by atoms with van der Waals surface area (Å²) in [6.45, 7) is 3.65. The zero-order valence-corrected chi connectivity index (χ0v) is 17.9. The Morgan fingerprint density at radius 1 is 1.09 bits per heavy atom. The molecule has 4 heterocycles. The van der Waals surface area contributed by atoms with E-state index in [1.54, 1.807) is 24.3 Å². The summed E-state index contributed by atoms with van der Waals surface area (Å²) in [5.74, 6) is -0.0326. The average molecular weight is 428 g/mol.